The SMILES string of the molecule is CCCCCCCCOC(CCNc1nc(Cl)nc(Cl)n1)C1CC(C)(C)NC(C)(C)C1. The lowest BCUT2D eigenvalue weighted by Crippen LogP contribution is -2.59. The van der Waals surface area contributed by atoms with Crippen LogP contribution in [0.25, 0.3) is 0 Å². The molecule has 1 fully saturated rings. The maximum atomic E-state index is 6.49. The summed E-state index contributed by atoms with van der Waals surface area (Å²) in [5.74, 6) is 0.907. The maximum Gasteiger partial charge on any atom is 0.228 e. The highest BCUT2D eigenvalue weighted by Crippen LogP contribution is 2.36. The van der Waals surface area contributed by atoms with Crippen molar-refractivity contribution >= 4 is 29.2 Å². The second-order valence-corrected chi connectivity index (χ2v) is 10.8. The van der Waals surface area contributed by atoms with Gasteiger partial charge in [0.1, 0.15) is 0 Å². The van der Waals surface area contributed by atoms with Crippen LogP contribution in [-0.4, -0.2) is 45.3 Å². The molecule has 1 saturated heterocycles. The number of anilines is 1. The number of halogens is 2. The minimum absolute atomic E-state index is 0.0941. The molecule has 0 bridgehead atoms. The lowest BCUT2D eigenvalue weighted by Gasteiger charge is -2.48. The molecule has 8 heteroatoms. The predicted molar refractivity (Wildman–Crippen MR) is 130 cm³/mol. The van der Waals surface area contributed by atoms with Gasteiger partial charge in [-0.05, 0) is 82.5 Å². The molecule has 178 valence electrons. The van der Waals surface area contributed by atoms with Crippen LogP contribution in [-0.2, 0) is 4.74 Å². The average molecular weight is 475 g/mol. The number of nitrogens with one attached hydrogen (secondary N) is 2. The van der Waals surface area contributed by atoms with Crippen molar-refractivity contribution in [1.82, 2.24) is 20.3 Å². The fourth-order valence-electron chi connectivity index (χ4n) is 4.97. The van der Waals surface area contributed by atoms with E-state index in [1.165, 1.54) is 32.1 Å². The summed E-state index contributed by atoms with van der Waals surface area (Å²) in [6.07, 6.45) is 10.9. The monoisotopic (exact) mass is 473 g/mol. The molecule has 1 aromatic rings. The molecule has 1 atom stereocenters. The molecule has 2 rings (SSSR count). The summed E-state index contributed by atoms with van der Waals surface area (Å²) in [5.41, 5.74) is 0.188. The molecule has 0 amide bonds. The molecule has 0 aliphatic carbocycles. The quantitative estimate of drug-likeness (QED) is 0.328. The van der Waals surface area contributed by atoms with Crippen LogP contribution in [0.1, 0.15) is 92.4 Å². The van der Waals surface area contributed by atoms with Crippen LogP contribution in [0.2, 0.25) is 10.6 Å². The summed E-state index contributed by atoms with van der Waals surface area (Å²) in [5, 5.41) is 7.21. The third-order valence-corrected chi connectivity index (χ3v) is 6.21. The van der Waals surface area contributed by atoms with Gasteiger partial charge < -0.3 is 15.4 Å². The Labute approximate surface area is 198 Å². The lowest BCUT2D eigenvalue weighted by molar-refractivity contribution is -0.0309. The van der Waals surface area contributed by atoms with Crippen LogP contribution >= 0.6 is 23.2 Å². The van der Waals surface area contributed by atoms with E-state index in [1.54, 1.807) is 0 Å². The van der Waals surface area contributed by atoms with Gasteiger partial charge in [-0.15, -0.1) is 0 Å². The van der Waals surface area contributed by atoms with E-state index in [1.807, 2.05) is 0 Å². The van der Waals surface area contributed by atoms with E-state index in [0.29, 0.717) is 18.4 Å². The number of rotatable bonds is 13. The Morgan fingerprint density at radius 2 is 1.55 bits per heavy atom. The van der Waals surface area contributed by atoms with Crippen molar-refractivity contribution in [3.63, 3.8) is 0 Å². The van der Waals surface area contributed by atoms with Crippen LogP contribution in [0.15, 0.2) is 0 Å². The van der Waals surface area contributed by atoms with Crippen molar-refractivity contribution in [2.75, 3.05) is 18.5 Å². The molecular weight excluding hydrogens is 433 g/mol. The smallest absolute Gasteiger partial charge is 0.228 e. The average Bonchev–Trinajstić information content (AvgIpc) is 2.62. The third kappa shape index (κ3) is 10.2. The van der Waals surface area contributed by atoms with Gasteiger partial charge in [-0.1, -0.05) is 39.0 Å². The largest absolute Gasteiger partial charge is 0.378 e. The van der Waals surface area contributed by atoms with E-state index in [4.69, 9.17) is 27.9 Å². The van der Waals surface area contributed by atoms with Crippen LogP contribution in [0, 0.1) is 5.92 Å². The highest BCUT2D eigenvalue weighted by Gasteiger charge is 2.40. The van der Waals surface area contributed by atoms with Gasteiger partial charge in [0.05, 0.1) is 6.10 Å². The van der Waals surface area contributed by atoms with Crippen molar-refractivity contribution in [3.8, 4) is 0 Å². The molecule has 6 nitrogen and oxygen atoms in total. The van der Waals surface area contributed by atoms with E-state index in [2.05, 4.69) is 60.2 Å². The first kappa shape index (κ1) is 26.6. The molecule has 0 spiro atoms. The van der Waals surface area contributed by atoms with Crippen LogP contribution in [0.4, 0.5) is 5.95 Å². The number of nitrogens with zero attached hydrogens (tertiary/aromatic N) is 3. The first-order chi connectivity index (χ1) is 14.6. The molecule has 0 radical (unpaired) electrons. The van der Waals surface area contributed by atoms with Crippen molar-refractivity contribution < 1.29 is 4.74 Å². The second-order valence-electron chi connectivity index (χ2n) is 10.2. The van der Waals surface area contributed by atoms with Crippen LogP contribution in [0.3, 0.4) is 0 Å². The molecule has 1 aliphatic rings. The summed E-state index contributed by atoms with van der Waals surface area (Å²) in [4.78, 5) is 12.0. The van der Waals surface area contributed by atoms with Crippen LogP contribution in [0.5, 0.6) is 0 Å². The fraction of sp³-hybridized carbons (Fsp3) is 0.870. The van der Waals surface area contributed by atoms with Gasteiger partial charge >= 0.3 is 0 Å². The third-order valence-electron chi connectivity index (χ3n) is 5.87. The van der Waals surface area contributed by atoms with E-state index in [9.17, 15) is 0 Å². The highest BCUT2D eigenvalue weighted by molar-refractivity contribution is 6.31. The topological polar surface area (TPSA) is 72.0 Å². The number of hydrogen-bond acceptors (Lipinski definition) is 6. The van der Waals surface area contributed by atoms with Gasteiger partial charge in [0.2, 0.25) is 16.5 Å². The first-order valence-electron chi connectivity index (χ1n) is 11.8. The molecule has 31 heavy (non-hydrogen) atoms. The molecular formula is C23H41Cl2N5O. The molecule has 2 heterocycles. The van der Waals surface area contributed by atoms with Gasteiger partial charge in [-0.3, -0.25) is 0 Å². The van der Waals surface area contributed by atoms with Gasteiger partial charge in [0.15, 0.2) is 0 Å². The molecule has 1 aromatic heterocycles. The molecule has 1 unspecified atom stereocenters. The Morgan fingerprint density at radius 3 is 2.16 bits per heavy atom. The zero-order valence-electron chi connectivity index (χ0n) is 19.9. The summed E-state index contributed by atoms with van der Waals surface area (Å²) >= 11 is 11.8. The normalized spacial score (nSPS) is 19.3. The Hall–Kier alpha value is -0.690. The van der Waals surface area contributed by atoms with Crippen molar-refractivity contribution in [2.45, 2.75) is 110 Å². The molecule has 0 aromatic carbocycles. The van der Waals surface area contributed by atoms with E-state index in [-0.39, 0.29) is 27.7 Å². The highest BCUT2D eigenvalue weighted by atomic mass is 35.5. The molecule has 0 saturated carbocycles. The predicted octanol–water partition coefficient (Wildman–Crippen LogP) is 6.28. The summed E-state index contributed by atoms with van der Waals surface area (Å²) in [6.45, 7) is 12.9. The maximum absolute atomic E-state index is 6.49. The van der Waals surface area contributed by atoms with Gasteiger partial charge in [0, 0.05) is 24.2 Å². The van der Waals surface area contributed by atoms with Gasteiger partial charge in [0.25, 0.3) is 0 Å². The van der Waals surface area contributed by atoms with Crippen LogP contribution < -0.4 is 10.6 Å². The van der Waals surface area contributed by atoms with E-state index >= 15 is 0 Å². The Bertz CT molecular complexity index is 635. The van der Waals surface area contributed by atoms with E-state index in [0.717, 1.165) is 32.3 Å². The van der Waals surface area contributed by atoms with Crippen molar-refractivity contribution in [2.24, 2.45) is 5.92 Å². The van der Waals surface area contributed by atoms with E-state index < -0.39 is 0 Å². The first-order valence-corrected chi connectivity index (χ1v) is 12.6. The number of piperidine rings is 1. The van der Waals surface area contributed by atoms with Gasteiger partial charge in [-0.2, -0.15) is 15.0 Å². The molecule has 2 N–H and O–H groups in total. The summed E-state index contributed by atoms with van der Waals surface area (Å²) in [6, 6.07) is 0. The van der Waals surface area contributed by atoms with Crippen molar-refractivity contribution in [3.05, 3.63) is 10.6 Å². The fourth-order valence-corrected chi connectivity index (χ4v) is 5.33. The number of hydrogen-bond donors (Lipinski definition) is 2. The molecule has 1 aliphatic heterocycles. The lowest BCUT2D eigenvalue weighted by atomic mass is 9.73. The minimum Gasteiger partial charge on any atom is -0.378 e. The minimum atomic E-state index is 0.0941. The zero-order chi connectivity index (χ0) is 22.9. The Morgan fingerprint density at radius 1 is 0.968 bits per heavy atom. The summed E-state index contributed by atoms with van der Waals surface area (Å²) in [7, 11) is 0. The Kier molecular flexibility index (Phi) is 10.7. The van der Waals surface area contributed by atoms with Crippen molar-refractivity contribution in [1.29, 1.82) is 0 Å². The standard InChI is InChI=1S/C23H41Cl2N5O/c1-6-7-8-9-10-11-14-31-18(17-15-22(2,3)30-23(4,5)16-17)12-13-26-21-28-19(24)27-20(25)29-21/h17-18,30H,6-16H2,1-5H3,(H,26,27,28,29). The number of aromatic nitrogens is 3. The second kappa shape index (κ2) is 12.5. The van der Waals surface area contributed by atoms with Gasteiger partial charge in [-0.25, -0.2) is 0 Å². The number of ether oxygens (including phenoxy) is 1. The summed E-state index contributed by atoms with van der Waals surface area (Å²) < 4.78 is 6.49. The Balaban J connectivity index is 1.93. The zero-order valence-corrected chi connectivity index (χ0v) is 21.5. The number of unbranched alkanes of at least 4 members (excludes halogenated alkanes) is 5.